The van der Waals surface area contributed by atoms with Crippen molar-refractivity contribution in [1.82, 2.24) is 0 Å². The van der Waals surface area contributed by atoms with E-state index >= 15 is 0 Å². The number of allylic oxidation sites excluding steroid dienone is 4. The molecular weight excluding hydrogens is 160 g/mol. The summed E-state index contributed by atoms with van der Waals surface area (Å²) in [5, 5.41) is 0. The minimum atomic E-state index is 0.625. The molecule has 0 radical (unpaired) electrons. The molecule has 0 saturated carbocycles. The summed E-state index contributed by atoms with van der Waals surface area (Å²) in [6, 6.07) is 0. The topological polar surface area (TPSA) is 9.23 Å². The smallest absolute Gasteiger partial charge is 0.121 e. The molecule has 1 nitrogen and oxygen atoms in total. The van der Waals surface area contributed by atoms with Gasteiger partial charge in [0.2, 0.25) is 0 Å². The molecule has 72 valence electrons. The van der Waals surface area contributed by atoms with Gasteiger partial charge < -0.3 is 4.74 Å². The normalized spacial score (nSPS) is 23.4. The third kappa shape index (κ3) is 2.76. The predicted molar refractivity (Wildman–Crippen MR) is 56.4 cm³/mol. The van der Waals surface area contributed by atoms with Crippen LogP contribution in [0.1, 0.15) is 26.7 Å². The molecule has 13 heavy (non-hydrogen) atoms. The third-order valence-corrected chi connectivity index (χ3v) is 2.15. The molecule has 1 aliphatic rings. The second-order valence-corrected chi connectivity index (χ2v) is 3.52. The summed E-state index contributed by atoms with van der Waals surface area (Å²) in [6.07, 6.45) is 8.31. The first-order valence-corrected chi connectivity index (χ1v) is 4.92. The van der Waals surface area contributed by atoms with Crippen molar-refractivity contribution >= 4 is 0 Å². The van der Waals surface area contributed by atoms with Crippen molar-refractivity contribution < 1.29 is 4.74 Å². The van der Waals surface area contributed by atoms with Crippen molar-refractivity contribution in [1.29, 1.82) is 0 Å². The Morgan fingerprint density at radius 3 is 3.00 bits per heavy atom. The quantitative estimate of drug-likeness (QED) is 0.643. The largest absolute Gasteiger partial charge is 0.493 e. The second-order valence-electron chi connectivity index (χ2n) is 3.52. The van der Waals surface area contributed by atoms with E-state index in [1.807, 2.05) is 0 Å². The lowest BCUT2D eigenvalue weighted by atomic mass is 9.98. The van der Waals surface area contributed by atoms with Gasteiger partial charge in [-0.05, 0) is 30.4 Å². The van der Waals surface area contributed by atoms with Crippen LogP contribution in [0.25, 0.3) is 0 Å². The molecule has 0 aromatic heterocycles. The van der Waals surface area contributed by atoms with Crippen molar-refractivity contribution in [2.24, 2.45) is 5.92 Å². The first kappa shape index (κ1) is 10.1. The zero-order chi connectivity index (χ0) is 9.68. The Balaban J connectivity index is 2.77. The zero-order valence-electron chi connectivity index (χ0n) is 8.55. The van der Waals surface area contributed by atoms with E-state index in [2.05, 4.69) is 32.6 Å². The Morgan fingerprint density at radius 2 is 2.38 bits per heavy atom. The van der Waals surface area contributed by atoms with Crippen LogP contribution in [0.15, 0.2) is 36.1 Å². The van der Waals surface area contributed by atoms with Gasteiger partial charge >= 0.3 is 0 Å². The predicted octanol–water partition coefficient (Wildman–Crippen LogP) is 3.45. The molecule has 0 fully saturated rings. The highest BCUT2D eigenvalue weighted by Crippen LogP contribution is 2.24. The molecule has 0 aromatic rings. The molecule has 0 amide bonds. The van der Waals surface area contributed by atoms with E-state index in [0.29, 0.717) is 5.92 Å². The van der Waals surface area contributed by atoms with Crippen LogP contribution in [-0.2, 0) is 4.74 Å². The number of hydrogen-bond donors (Lipinski definition) is 0. The maximum atomic E-state index is 5.56. The highest BCUT2D eigenvalue weighted by atomic mass is 16.5. The first-order chi connectivity index (χ1) is 6.27. The molecule has 0 aromatic carbocycles. The molecule has 1 rings (SSSR count). The van der Waals surface area contributed by atoms with E-state index < -0.39 is 0 Å². The van der Waals surface area contributed by atoms with Crippen LogP contribution in [0.4, 0.5) is 0 Å². The molecule has 0 saturated heterocycles. The van der Waals surface area contributed by atoms with E-state index in [1.54, 1.807) is 6.08 Å². The fourth-order valence-corrected chi connectivity index (χ4v) is 1.46. The first-order valence-electron chi connectivity index (χ1n) is 4.92. The summed E-state index contributed by atoms with van der Waals surface area (Å²) in [6.45, 7) is 8.92. The average molecular weight is 178 g/mol. The van der Waals surface area contributed by atoms with Crippen molar-refractivity contribution in [3.8, 4) is 0 Å². The monoisotopic (exact) mass is 178 g/mol. The van der Waals surface area contributed by atoms with Gasteiger partial charge in [-0.2, -0.15) is 0 Å². The summed E-state index contributed by atoms with van der Waals surface area (Å²) < 4.78 is 5.56. The second kappa shape index (κ2) is 4.90. The van der Waals surface area contributed by atoms with Gasteiger partial charge in [0, 0.05) is 0 Å². The molecule has 0 spiro atoms. The van der Waals surface area contributed by atoms with Crippen molar-refractivity contribution in [3.05, 3.63) is 36.1 Å². The van der Waals surface area contributed by atoms with Gasteiger partial charge in [0.15, 0.2) is 0 Å². The van der Waals surface area contributed by atoms with Crippen LogP contribution in [0.5, 0.6) is 0 Å². The minimum Gasteiger partial charge on any atom is -0.493 e. The average Bonchev–Trinajstić information content (AvgIpc) is 2.15. The Morgan fingerprint density at radius 1 is 1.62 bits per heavy atom. The number of rotatable bonds is 3. The summed E-state index contributed by atoms with van der Waals surface area (Å²) >= 11 is 0. The van der Waals surface area contributed by atoms with Crippen LogP contribution in [0.2, 0.25) is 0 Å². The van der Waals surface area contributed by atoms with Crippen molar-refractivity contribution in [3.63, 3.8) is 0 Å². The molecule has 1 atom stereocenters. The Labute approximate surface area is 80.8 Å². The molecule has 1 aliphatic heterocycles. The minimum absolute atomic E-state index is 0.625. The zero-order valence-corrected chi connectivity index (χ0v) is 8.55. The fraction of sp³-hybridized carbons (Fsp3) is 0.500. The van der Waals surface area contributed by atoms with Gasteiger partial charge in [-0.3, -0.25) is 0 Å². The molecule has 0 bridgehead atoms. The number of ether oxygens (including phenoxy) is 1. The van der Waals surface area contributed by atoms with Gasteiger partial charge in [0.1, 0.15) is 5.76 Å². The van der Waals surface area contributed by atoms with Crippen molar-refractivity contribution in [2.75, 3.05) is 6.61 Å². The summed E-state index contributed by atoms with van der Waals surface area (Å²) in [5.74, 6) is 1.59. The lowest BCUT2D eigenvalue weighted by Crippen LogP contribution is -2.13. The van der Waals surface area contributed by atoms with E-state index in [9.17, 15) is 0 Å². The molecule has 1 unspecified atom stereocenters. The van der Waals surface area contributed by atoms with Crippen molar-refractivity contribution in [2.45, 2.75) is 26.7 Å². The van der Waals surface area contributed by atoms with Crippen LogP contribution >= 0.6 is 0 Å². The molecule has 1 heterocycles. The van der Waals surface area contributed by atoms with Gasteiger partial charge in [-0.15, -0.1) is 0 Å². The molecular formula is C12H18O. The molecule has 0 aliphatic carbocycles. The lowest BCUT2D eigenvalue weighted by Gasteiger charge is -2.22. The van der Waals surface area contributed by atoms with Crippen LogP contribution in [-0.4, -0.2) is 6.61 Å². The maximum absolute atomic E-state index is 5.56. The van der Waals surface area contributed by atoms with Gasteiger partial charge in [-0.25, -0.2) is 0 Å². The van der Waals surface area contributed by atoms with Crippen LogP contribution in [0.3, 0.4) is 0 Å². The third-order valence-electron chi connectivity index (χ3n) is 2.15. The summed E-state index contributed by atoms with van der Waals surface area (Å²) in [4.78, 5) is 0. The molecule has 0 N–H and O–H groups in total. The number of hydrogen-bond acceptors (Lipinski definition) is 1. The van der Waals surface area contributed by atoms with E-state index in [4.69, 9.17) is 4.74 Å². The van der Waals surface area contributed by atoms with Gasteiger partial charge in [0.05, 0.1) is 6.61 Å². The van der Waals surface area contributed by atoms with E-state index in [0.717, 1.165) is 25.2 Å². The standard InChI is InChI=1S/C12H18O/c1-4-6-7-11-8-10(3)9-13-12(11)5-2/h5-7,10H,2,4,8-9H2,1,3H3/b7-6-. The Bertz CT molecular complexity index is 236. The summed E-state index contributed by atoms with van der Waals surface area (Å²) in [5.41, 5.74) is 1.29. The van der Waals surface area contributed by atoms with Crippen LogP contribution in [0, 0.1) is 5.92 Å². The maximum Gasteiger partial charge on any atom is 0.121 e. The van der Waals surface area contributed by atoms with Gasteiger partial charge in [-0.1, -0.05) is 32.6 Å². The Kier molecular flexibility index (Phi) is 3.81. The fourth-order valence-electron chi connectivity index (χ4n) is 1.46. The van der Waals surface area contributed by atoms with E-state index in [1.165, 1.54) is 5.57 Å². The summed E-state index contributed by atoms with van der Waals surface area (Å²) in [7, 11) is 0. The lowest BCUT2D eigenvalue weighted by molar-refractivity contribution is 0.160. The highest BCUT2D eigenvalue weighted by Gasteiger charge is 2.14. The Hall–Kier alpha value is -0.980. The van der Waals surface area contributed by atoms with Crippen LogP contribution < -0.4 is 0 Å². The SMILES string of the molecule is C=CC1=C(/C=C\CC)CC(C)CO1. The highest BCUT2D eigenvalue weighted by molar-refractivity contribution is 5.30. The van der Waals surface area contributed by atoms with Gasteiger partial charge in [0.25, 0.3) is 0 Å². The van der Waals surface area contributed by atoms with E-state index in [-0.39, 0.29) is 0 Å². The molecule has 1 heteroatoms.